The number of nitrogens with one attached hydrogen (secondary N) is 1. The van der Waals surface area contributed by atoms with E-state index in [4.69, 9.17) is 5.11 Å². The monoisotopic (exact) mass is 199 g/mol. The average Bonchev–Trinajstić information content (AvgIpc) is 2.56. The molecule has 0 atom stereocenters. The number of hydrogen-bond donors (Lipinski definition) is 2. The van der Waals surface area contributed by atoms with Gasteiger partial charge in [-0.25, -0.2) is 4.68 Å². The van der Waals surface area contributed by atoms with Gasteiger partial charge in [0.15, 0.2) is 0 Å². The number of carbonyl (C=O) groups is 2. The molecule has 1 rings (SSSR count). The van der Waals surface area contributed by atoms with Gasteiger partial charge in [0.05, 0.1) is 6.42 Å². The number of hydrogen-bond acceptors (Lipinski definition) is 5. The van der Waals surface area contributed by atoms with E-state index in [2.05, 4.69) is 20.8 Å². The van der Waals surface area contributed by atoms with Crippen LogP contribution in [0.3, 0.4) is 0 Å². The molecule has 2 N–H and O–H groups in total. The molecule has 0 aromatic carbocycles. The molecule has 1 aromatic rings. The van der Waals surface area contributed by atoms with Gasteiger partial charge in [-0.3, -0.25) is 9.59 Å². The van der Waals surface area contributed by atoms with Crippen molar-refractivity contribution < 1.29 is 14.7 Å². The molecule has 0 fully saturated rings. The van der Waals surface area contributed by atoms with Crippen molar-refractivity contribution in [2.75, 3.05) is 6.54 Å². The van der Waals surface area contributed by atoms with Gasteiger partial charge in [0, 0.05) is 6.54 Å². The lowest BCUT2D eigenvalue weighted by atomic mass is 10.4. The second kappa shape index (κ2) is 4.90. The molecule has 0 radical (unpaired) electrons. The summed E-state index contributed by atoms with van der Waals surface area (Å²) in [6, 6.07) is 0. The molecule has 0 saturated carbocycles. The highest BCUT2D eigenvalue weighted by Crippen LogP contribution is 1.80. The Balaban J connectivity index is 2.20. The summed E-state index contributed by atoms with van der Waals surface area (Å²) in [5.41, 5.74) is 0. The first-order valence-electron chi connectivity index (χ1n) is 3.88. The largest absolute Gasteiger partial charge is 0.481 e. The minimum Gasteiger partial charge on any atom is -0.481 e. The predicted octanol–water partition coefficient (Wildman–Crippen LogP) is -1.74. The third-order valence-electron chi connectivity index (χ3n) is 1.36. The van der Waals surface area contributed by atoms with Crippen LogP contribution < -0.4 is 5.32 Å². The lowest BCUT2D eigenvalue weighted by molar-refractivity contribution is -0.136. The van der Waals surface area contributed by atoms with Gasteiger partial charge in [-0.2, -0.15) is 0 Å². The summed E-state index contributed by atoms with van der Waals surface area (Å²) in [7, 11) is 0. The second-order valence-electron chi connectivity index (χ2n) is 2.50. The van der Waals surface area contributed by atoms with Crippen molar-refractivity contribution in [3.63, 3.8) is 0 Å². The van der Waals surface area contributed by atoms with E-state index in [0.717, 1.165) is 0 Å². The van der Waals surface area contributed by atoms with Crippen LogP contribution in [0, 0.1) is 0 Å². The lowest BCUT2D eigenvalue weighted by Gasteiger charge is -2.01. The molecule has 8 heteroatoms. The van der Waals surface area contributed by atoms with E-state index in [0.29, 0.717) is 0 Å². The summed E-state index contributed by atoms with van der Waals surface area (Å²) in [5.74, 6) is -1.27. The van der Waals surface area contributed by atoms with E-state index in [1.54, 1.807) is 0 Å². The van der Waals surface area contributed by atoms with Crippen molar-refractivity contribution in [2.45, 2.75) is 13.0 Å². The van der Waals surface area contributed by atoms with Crippen molar-refractivity contribution in [3.8, 4) is 0 Å². The van der Waals surface area contributed by atoms with Crippen molar-refractivity contribution in [1.82, 2.24) is 25.5 Å². The number of carboxylic acid groups (broad SMARTS) is 1. The molecular weight excluding hydrogens is 190 g/mol. The molecule has 0 bridgehead atoms. The molecule has 0 aliphatic carbocycles. The van der Waals surface area contributed by atoms with Gasteiger partial charge < -0.3 is 10.4 Å². The van der Waals surface area contributed by atoms with Crippen molar-refractivity contribution in [3.05, 3.63) is 6.33 Å². The van der Waals surface area contributed by atoms with E-state index >= 15 is 0 Å². The van der Waals surface area contributed by atoms with E-state index in [1.807, 2.05) is 0 Å². The SMILES string of the molecule is O=C(O)CCNC(=O)Cn1cnnn1. The third kappa shape index (κ3) is 3.61. The van der Waals surface area contributed by atoms with Crippen LogP contribution in [0.25, 0.3) is 0 Å². The number of carboxylic acids is 1. The molecule has 0 unspecified atom stereocenters. The van der Waals surface area contributed by atoms with Crippen LogP contribution in [-0.2, 0) is 16.1 Å². The fourth-order valence-corrected chi connectivity index (χ4v) is 0.765. The average molecular weight is 199 g/mol. The summed E-state index contributed by atoms with van der Waals surface area (Å²) in [4.78, 5) is 21.2. The Morgan fingerprint density at radius 3 is 2.86 bits per heavy atom. The molecule has 1 amide bonds. The number of tetrazole rings is 1. The third-order valence-corrected chi connectivity index (χ3v) is 1.36. The maximum atomic E-state index is 11.1. The van der Waals surface area contributed by atoms with Crippen LogP contribution in [0.15, 0.2) is 6.33 Å². The number of rotatable bonds is 5. The minimum atomic E-state index is -0.951. The van der Waals surface area contributed by atoms with Crippen molar-refractivity contribution in [1.29, 1.82) is 0 Å². The van der Waals surface area contributed by atoms with E-state index in [9.17, 15) is 9.59 Å². The summed E-state index contributed by atoms with van der Waals surface area (Å²) >= 11 is 0. The predicted molar refractivity (Wildman–Crippen MR) is 43.1 cm³/mol. The Morgan fingerprint density at radius 2 is 2.29 bits per heavy atom. The van der Waals surface area contributed by atoms with E-state index < -0.39 is 5.97 Å². The maximum absolute atomic E-state index is 11.1. The number of nitrogens with zero attached hydrogens (tertiary/aromatic N) is 4. The molecule has 8 nitrogen and oxygen atoms in total. The molecule has 76 valence electrons. The first-order valence-corrected chi connectivity index (χ1v) is 3.88. The highest BCUT2D eigenvalue weighted by molar-refractivity contribution is 5.76. The highest BCUT2D eigenvalue weighted by Gasteiger charge is 2.03. The Labute approximate surface area is 78.9 Å². The van der Waals surface area contributed by atoms with Gasteiger partial charge in [-0.05, 0) is 10.4 Å². The Hall–Kier alpha value is -1.99. The van der Waals surface area contributed by atoms with Gasteiger partial charge in [-0.1, -0.05) is 0 Å². The maximum Gasteiger partial charge on any atom is 0.305 e. The molecule has 0 saturated heterocycles. The summed E-state index contributed by atoms with van der Waals surface area (Å²) < 4.78 is 1.25. The van der Waals surface area contributed by atoms with Crippen LogP contribution in [0.1, 0.15) is 6.42 Å². The van der Waals surface area contributed by atoms with Crippen LogP contribution in [0.4, 0.5) is 0 Å². The van der Waals surface area contributed by atoms with Gasteiger partial charge in [0.1, 0.15) is 12.9 Å². The number of amides is 1. The number of carbonyl (C=O) groups excluding carboxylic acids is 1. The normalized spacial score (nSPS) is 9.71. The minimum absolute atomic E-state index is 0.00732. The lowest BCUT2D eigenvalue weighted by Crippen LogP contribution is -2.29. The summed E-state index contributed by atoms with van der Waals surface area (Å²) in [5, 5.41) is 20.9. The van der Waals surface area contributed by atoms with Crippen LogP contribution >= 0.6 is 0 Å². The summed E-state index contributed by atoms with van der Waals surface area (Å²) in [6.07, 6.45) is 1.21. The van der Waals surface area contributed by atoms with Gasteiger partial charge >= 0.3 is 5.97 Å². The van der Waals surface area contributed by atoms with Crippen molar-refractivity contribution >= 4 is 11.9 Å². The standard InChI is InChI=1S/C6H9N5O3/c12-5(7-2-1-6(13)14)3-11-4-8-9-10-11/h4H,1-3H2,(H,7,12)(H,13,14). The zero-order chi connectivity index (χ0) is 10.4. The fourth-order valence-electron chi connectivity index (χ4n) is 0.765. The summed E-state index contributed by atoms with van der Waals surface area (Å²) in [6.45, 7) is 0.100. The Bertz CT molecular complexity index is 309. The van der Waals surface area contributed by atoms with E-state index in [-0.39, 0.29) is 25.4 Å². The van der Waals surface area contributed by atoms with Gasteiger partial charge in [-0.15, -0.1) is 5.10 Å². The van der Waals surface area contributed by atoms with Crippen molar-refractivity contribution in [2.24, 2.45) is 0 Å². The zero-order valence-corrected chi connectivity index (χ0v) is 7.25. The molecule has 0 spiro atoms. The van der Waals surface area contributed by atoms with Gasteiger partial charge in [0.25, 0.3) is 0 Å². The smallest absolute Gasteiger partial charge is 0.305 e. The highest BCUT2D eigenvalue weighted by atomic mass is 16.4. The molecule has 1 heterocycles. The first kappa shape index (κ1) is 10.1. The topological polar surface area (TPSA) is 110 Å². The molecule has 0 aliphatic heterocycles. The Kier molecular flexibility index (Phi) is 3.53. The molecular formula is C6H9N5O3. The van der Waals surface area contributed by atoms with Gasteiger partial charge in [0.2, 0.25) is 5.91 Å². The zero-order valence-electron chi connectivity index (χ0n) is 7.25. The molecule has 0 aliphatic rings. The van der Waals surface area contributed by atoms with Crippen LogP contribution in [0.5, 0.6) is 0 Å². The number of aromatic nitrogens is 4. The van der Waals surface area contributed by atoms with Crippen LogP contribution in [-0.4, -0.2) is 43.7 Å². The molecule has 14 heavy (non-hydrogen) atoms. The van der Waals surface area contributed by atoms with Crippen LogP contribution in [0.2, 0.25) is 0 Å². The first-order chi connectivity index (χ1) is 6.68. The number of aliphatic carboxylic acids is 1. The van der Waals surface area contributed by atoms with E-state index in [1.165, 1.54) is 11.0 Å². The second-order valence-corrected chi connectivity index (χ2v) is 2.50. The fraction of sp³-hybridized carbons (Fsp3) is 0.500. The molecule has 1 aromatic heterocycles. The Morgan fingerprint density at radius 1 is 1.50 bits per heavy atom. The quantitative estimate of drug-likeness (QED) is 0.582.